The van der Waals surface area contributed by atoms with Crippen molar-refractivity contribution in [1.29, 1.82) is 0 Å². The molecule has 0 amide bonds. The first-order valence-corrected chi connectivity index (χ1v) is 8.09. The summed E-state index contributed by atoms with van der Waals surface area (Å²) in [6.45, 7) is 6.60. The quantitative estimate of drug-likeness (QED) is 0.812. The second-order valence-corrected chi connectivity index (χ2v) is 7.34. The van der Waals surface area contributed by atoms with Crippen molar-refractivity contribution in [3.8, 4) is 0 Å². The summed E-state index contributed by atoms with van der Waals surface area (Å²) < 4.78 is 12.9. The molecular weight excluding hydrogens is 281 g/mol. The van der Waals surface area contributed by atoms with Gasteiger partial charge in [-0.15, -0.1) is 11.8 Å². The van der Waals surface area contributed by atoms with Crippen LogP contribution in [0.25, 0.3) is 0 Å². The summed E-state index contributed by atoms with van der Waals surface area (Å²) in [5.74, 6) is 0.571. The molecule has 2 aromatic carbocycles. The molecule has 0 aliphatic heterocycles. The van der Waals surface area contributed by atoms with Gasteiger partial charge in [-0.05, 0) is 40.8 Å². The van der Waals surface area contributed by atoms with E-state index in [1.54, 1.807) is 23.9 Å². The minimum atomic E-state index is -0.207. The van der Waals surface area contributed by atoms with Gasteiger partial charge in [0.1, 0.15) is 5.82 Å². The van der Waals surface area contributed by atoms with Crippen LogP contribution in [0.1, 0.15) is 37.9 Å². The molecule has 0 fully saturated rings. The number of nitrogens with two attached hydrogens (primary N) is 1. The Bertz CT molecular complexity index is 570. The molecule has 21 heavy (non-hydrogen) atoms. The molecule has 0 aliphatic rings. The molecule has 0 bridgehead atoms. The van der Waals surface area contributed by atoms with Gasteiger partial charge in [-0.3, -0.25) is 0 Å². The number of thioether (sulfide) groups is 1. The summed E-state index contributed by atoms with van der Waals surface area (Å²) >= 11 is 1.65. The van der Waals surface area contributed by atoms with E-state index in [1.165, 1.54) is 17.7 Å². The van der Waals surface area contributed by atoms with E-state index >= 15 is 0 Å². The summed E-state index contributed by atoms with van der Waals surface area (Å²) in [4.78, 5) is 1.04. The molecule has 0 aromatic heterocycles. The third-order valence-corrected chi connectivity index (χ3v) is 4.58. The smallest absolute Gasteiger partial charge is 0.123 e. The Morgan fingerprint density at radius 3 is 2.10 bits per heavy atom. The Morgan fingerprint density at radius 1 is 1.00 bits per heavy atom. The van der Waals surface area contributed by atoms with Crippen molar-refractivity contribution >= 4 is 11.8 Å². The maximum atomic E-state index is 12.9. The first-order chi connectivity index (χ1) is 9.86. The monoisotopic (exact) mass is 303 g/mol. The second-order valence-electron chi connectivity index (χ2n) is 6.24. The van der Waals surface area contributed by atoms with Crippen LogP contribution in [0.4, 0.5) is 4.39 Å². The molecule has 1 nitrogen and oxygen atoms in total. The molecular formula is C18H22FNS. The lowest BCUT2D eigenvalue weighted by Crippen LogP contribution is -2.15. The molecule has 2 aromatic rings. The minimum Gasteiger partial charge on any atom is -0.323 e. The van der Waals surface area contributed by atoms with Crippen LogP contribution in [0, 0.1) is 5.82 Å². The van der Waals surface area contributed by atoms with Gasteiger partial charge < -0.3 is 5.73 Å². The predicted octanol–water partition coefficient (Wildman–Crippen LogP) is 4.92. The van der Waals surface area contributed by atoms with E-state index in [1.807, 2.05) is 0 Å². The topological polar surface area (TPSA) is 26.0 Å². The molecule has 0 aliphatic carbocycles. The summed E-state index contributed by atoms with van der Waals surface area (Å²) in [6, 6.07) is 15.0. The third-order valence-electron chi connectivity index (χ3n) is 3.45. The van der Waals surface area contributed by atoms with Crippen molar-refractivity contribution in [2.45, 2.75) is 37.1 Å². The first-order valence-electron chi connectivity index (χ1n) is 7.10. The molecule has 0 saturated heterocycles. The highest BCUT2D eigenvalue weighted by Gasteiger charge is 2.14. The van der Waals surface area contributed by atoms with Gasteiger partial charge in [-0.25, -0.2) is 4.39 Å². The number of hydrogen-bond acceptors (Lipinski definition) is 2. The van der Waals surface area contributed by atoms with Crippen molar-refractivity contribution in [1.82, 2.24) is 0 Å². The number of halogens is 1. The highest BCUT2D eigenvalue weighted by Crippen LogP contribution is 2.26. The number of benzene rings is 2. The molecule has 0 radical (unpaired) electrons. The van der Waals surface area contributed by atoms with Gasteiger partial charge in [-0.2, -0.15) is 0 Å². The van der Waals surface area contributed by atoms with Crippen LogP contribution in [-0.2, 0) is 5.41 Å². The molecule has 0 saturated carbocycles. The Labute approximate surface area is 130 Å². The van der Waals surface area contributed by atoms with Crippen LogP contribution in [0.3, 0.4) is 0 Å². The molecule has 0 heterocycles. The van der Waals surface area contributed by atoms with Gasteiger partial charge in [0.25, 0.3) is 0 Å². The minimum absolute atomic E-state index is 0.0194. The highest BCUT2D eigenvalue weighted by molar-refractivity contribution is 7.99. The van der Waals surface area contributed by atoms with Crippen molar-refractivity contribution in [2.24, 2.45) is 5.73 Å². The molecule has 1 atom stereocenters. The molecule has 0 spiro atoms. The lowest BCUT2D eigenvalue weighted by Gasteiger charge is -2.20. The number of hydrogen-bond donors (Lipinski definition) is 1. The van der Waals surface area contributed by atoms with Crippen molar-refractivity contribution < 1.29 is 4.39 Å². The standard InChI is InChI=1S/C18H22FNS/c1-18(2,3)14-6-4-13(5-7-14)17(20)12-21-16-10-8-15(19)9-11-16/h4-11,17H,12,20H2,1-3H3. The van der Waals surface area contributed by atoms with Gasteiger partial charge >= 0.3 is 0 Å². The first kappa shape index (κ1) is 16.1. The summed E-state index contributed by atoms with van der Waals surface area (Å²) in [5.41, 5.74) is 8.84. The maximum absolute atomic E-state index is 12.9. The van der Waals surface area contributed by atoms with Crippen LogP contribution in [0.15, 0.2) is 53.4 Å². The van der Waals surface area contributed by atoms with Gasteiger partial charge in [0, 0.05) is 16.7 Å². The fourth-order valence-electron chi connectivity index (χ4n) is 2.04. The van der Waals surface area contributed by atoms with Crippen LogP contribution >= 0.6 is 11.8 Å². The largest absolute Gasteiger partial charge is 0.323 e. The molecule has 1 unspecified atom stereocenters. The van der Waals surface area contributed by atoms with Gasteiger partial charge in [0.15, 0.2) is 0 Å². The predicted molar refractivity (Wildman–Crippen MR) is 89.2 cm³/mol. The van der Waals surface area contributed by atoms with Crippen molar-refractivity contribution in [3.63, 3.8) is 0 Å². The summed E-state index contributed by atoms with van der Waals surface area (Å²) in [5, 5.41) is 0. The normalized spacial score (nSPS) is 13.2. The van der Waals surface area contributed by atoms with Gasteiger partial charge in [0.2, 0.25) is 0 Å². The Balaban J connectivity index is 1.97. The Hall–Kier alpha value is -1.32. The van der Waals surface area contributed by atoms with Crippen LogP contribution in [-0.4, -0.2) is 5.75 Å². The molecule has 2 rings (SSSR count). The molecule has 112 valence electrons. The van der Waals surface area contributed by atoms with E-state index in [2.05, 4.69) is 45.0 Å². The van der Waals surface area contributed by atoms with E-state index in [4.69, 9.17) is 5.73 Å². The van der Waals surface area contributed by atoms with Gasteiger partial charge in [-0.1, -0.05) is 45.0 Å². The van der Waals surface area contributed by atoms with Crippen LogP contribution in [0.2, 0.25) is 0 Å². The van der Waals surface area contributed by atoms with Crippen LogP contribution < -0.4 is 5.73 Å². The SMILES string of the molecule is CC(C)(C)c1ccc(C(N)CSc2ccc(F)cc2)cc1. The second kappa shape index (κ2) is 6.63. The summed E-state index contributed by atoms with van der Waals surface area (Å²) in [6.07, 6.45) is 0. The van der Waals surface area contributed by atoms with Gasteiger partial charge in [0.05, 0.1) is 0 Å². The fraction of sp³-hybridized carbons (Fsp3) is 0.333. The van der Waals surface area contributed by atoms with E-state index in [0.29, 0.717) is 0 Å². The van der Waals surface area contributed by atoms with E-state index in [0.717, 1.165) is 16.2 Å². The van der Waals surface area contributed by atoms with E-state index in [-0.39, 0.29) is 17.3 Å². The Morgan fingerprint density at radius 2 is 1.57 bits per heavy atom. The highest BCUT2D eigenvalue weighted by atomic mass is 32.2. The molecule has 3 heteroatoms. The average molecular weight is 303 g/mol. The number of rotatable bonds is 4. The van der Waals surface area contributed by atoms with E-state index < -0.39 is 0 Å². The Kier molecular flexibility index (Phi) is 5.07. The third kappa shape index (κ3) is 4.58. The zero-order valence-corrected chi connectivity index (χ0v) is 13.6. The fourth-order valence-corrected chi connectivity index (χ4v) is 2.94. The molecule has 2 N–H and O–H groups in total. The van der Waals surface area contributed by atoms with Crippen molar-refractivity contribution in [3.05, 3.63) is 65.5 Å². The van der Waals surface area contributed by atoms with E-state index in [9.17, 15) is 4.39 Å². The maximum Gasteiger partial charge on any atom is 0.123 e. The van der Waals surface area contributed by atoms with Crippen LogP contribution in [0.5, 0.6) is 0 Å². The zero-order chi connectivity index (χ0) is 15.5. The lowest BCUT2D eigenvalue weighted by molar-refractivity contribution is 0.589. The zero-order valence-electron chi connectivity index (χ0n) is 12.8. The average Bonchev–Trinajstić information content (AvgIpc) is 2.45. The van der Waals surface area contributed by atoms with Crippen molar-refractivity contribution in [2.75, 3.05) is 5.75 Å². The summed E-state index contributed by atoms with van der Waals surface area (Å²) in [7, 11) is 0. The lowest BCUT2D eigenvalue weighted by atomic mass is 9.86.